The summed E-state index contributed by atoms with van der Waals surface area (Å²) in [6, 6.07) is 24.8. The summed E-state index contributed by atoms with van der Waals surface area (Å²) in [5, 5.41) is 2.08. The van der Waals surface area contributed by atoms with Crippen molar-refractivity contribution in [1.29, 1.82) is 0 Å². The first-order valence-electron chi connectivity index (χ1n) is 16.5. The van der Waals surface area contributed by atoms with Gasteiger partial charge in [-0.1, -0.05) is 87.4 Å². The van der Waals surface area contributed by atoms with E-state index < -0.39 is 21.8 Å². The second kappa shape index (κ2) is 12.8. The van der Waals surface area contributed by atoms with Crippen LogP contribution in [0.2, 0.25) is 19.6 Å². The van der Waals surface area contributed by atoms with Crippen LogP contribution in [0, 0.1) is 31.7 Å². The molecule has 6 heteroatoms. The maximum Gasteiger partial charge on any atom is 0.121 e. The van der Waals surface area contributed by atoms with Crippen molar-refractivity contribution in [2.75, 3.05) is 0 Å². The average Bonchev–Trinajstić information content (AvgIpc) is 3.41. The Morgan fingerprint density at radius 3 is 2.43 bits per heavy atom. The second-order valence-electron chi connectivity index (χ2n) is 11.3. The van der Waals surface area contributed by atoms with Crippen LogP contribution in [0.4, 0.5) is 4.39 Å². The summed E-state index contributed by atoms with van der Waals surface area (Å²) in [5.74, 6) is 0.0667. The first-order valence-corrected chi connectivity index (χ1v) is 17.0. The summed E-state index contributed by atoms with van der Waals surface area (Å²) in [5.41, 5.74) is 5.37. The first-order chi connectivity index (χ1) is 21.9. The minimum absolute atomic E-state index is 0. The van der Waals surface area contributed by atoms with E-state index >= 15 is 0 Å². The molecule has 42 heavy (non-hydrogen) atoms. The van der Waals surface area contributed by atoms with Crippen molar-refractivity contribution in [3.63, 3.8) is 0 Å². The number of pyridine rings is 2. The Bertz CT molecular complexity index is 2050. The van der Waals surface area contributed by atoms with Gasteiger partial charge >= 0.3 is 0 Å². The van der Waals surface area contributed by atoms with E-state index in [4.69, 9.17) is 12.6 Å². The molecule has 6 rings (SSSR count). The van der Waals surface area contributed by atoms with Crippen LogP contribution in [0.3, 0.4) is 0 Å². The van der Waals surface area contributed by atoms with Crippen molar-refractivity contribution < 1.29 is 37.1 Å². The summed E-state index contributed by atoms with van der Waals surface area (Å²) in [6.07, 6.45) is 3.42. The number of hydrogen-bond acceptors (Lipinski definition) is 3. The third-order valence-corrected chi connectivity index (χ3v) is 8.93. The fraction of sp³-hybridized carbons (Fsp3) is 0.222. The molecule has 0 fully saturated rings. The van der Waals surface area contributed by atoms with Gasteiger partial charge in [0.1, 0.15) is 5.58 Å². The molecule has 6 aromatic rings. The summed E-state index contributed by atoms with van der Waals surface area (Å²) >= 11 is 0. The van der Waals surface area contributed by atoms with E-state index in [9.17, 15) is 4.39 Å². The molecule has 0 aliphatic heterocycles. The van der Waals surface area contributed by atoms with Crippen LogP contribution in [-0.4, -0.2) is 18.0 Å². The molecule has 3 nitrogen and oxygen atoms in total. The number of halogens is 1. The molecular formula is C36H35FIrN2OSi-2. The van der Waals surface area contributed by atoms with Crippen molar-refractivity contribution in [2.45, 2.75) is 53.1 Å². The zero-order valence-corrected chi connectivity index (χ0v) is 27.5. The van der Waals surface area contributed by atoms with Crippen molar-refractivity contribution in [3.05, 3.63) is 114 Å². The Morgan fingerprint density at radius 1 is 0.929 bits per heavy atom. The molecule has 0 aliphatic carbocycles. The average molecular weight is 757 g/mol. The quantitative estimate of drug-likeness (QED) is 0.133. The van der Waals surface area contributed by atoms with Crippen LogP contribution in [0.25, 0.3) is 44.5 Å². The van der Waals surface area contributed by atoms with Crippen molar-refractivity contribution >= 4 is 35.2 Å². The molecule has 0 aliphatic rings. The van der Waals surface area contributed by atoms with E-state index in [1.807, 2.05) is 36.4 Å². The number of aryl methyl sites for hydroxylation is 2. The third kappa shape index (κ3) is 6.62. The maximum atomic E-state index is 14.3. The molecule has 3 aromatic carbocycles. The van der Waals surface area contributed by atoms with E-state index in [1.54, 1.807) is 24.5 Å². The van der Waals surface area contributed by atoms with Gasteiger partial charge in [0.15, 0.2) is 0 Å². The third-order valence-electron chi connectivity index (χ3n) is 6.91. The molecule has 0 spiro atoms. The minimum Gasteiger partial charge on any atom is -0.500 e. The largest absolute Gasteiger partial charge is 0.500 e. The zero-order valence-electron chi connectivity index (χ0n) is 30.1. The van der Waals surface area contributed by atoms with Gasteiger partial charge in [0.05, 0.1) is 13.7 Å². The van der Waals surface area contributed by atoms with Gasteiger partial charge in [0, 0.05) is 51.9 Å². The molecule has 0 atom stereocenters. The van der Waals surface area contributed by atoms with Crippen molar-refractivity contribution in [2.24, 2.45) is 0 Å². The fourth-order valence-corrected chi connectivity index (χ4v) is 5.98. The SMILES string of the molecule is CC(C)c1ccnc(-c2[c-]cc(F)c3c2oc2ccccc23)c1.[2H]C([2H])([2H])c1c[c-]c(-c2cc(C([2H])([2H])[2H])c([Si](C)(C)C)cn2)cc1.[Ir]. The topological polar surface area (TPSA) is 38.9 Å². The van der Waals surface area contributed by atoms with E-state index in [0.717, 1.165) is 16.3 Å². The number of para-hydroxylation sites is 1. The standard InChI is InChI=1S/C20H15FNO.C16H20NSi.Ir/c1-12(2)13-9-10-22-17(11-13)14-7-8-16(21)19-15-5-3-4-6-18(15)23-20(14)19;1-12-6-8-14(9-7-12)15-10-13(2)16(11-17-15)18(3,4)5;/h3-6,8-12H,1-2H3;6-8,10-11H,1-5H3;/q2*-1;/i;1D3,2D3;. The molecule has 0 bridgehead atoms. The Morgan fingerprint density at radius 2 is 1.74 bits per heavy atom. The molecule has 0 unspecified atom stereocenters. The molecular weight excluding hydrogens is 716 g/mol. The number of aromatic nitrogens is 2. The summed E-state index contributed by atoms with van der Waals surface area (Å²) in [6.45, 7) is 6.09. The van der Waals surface area contributed by atoms with Crippen LogP contribution >= 0.6 is 0 Å². The van der Waals surface area contributed by atoms with Gasteiger partial charge in [-0.2, -0.15) is 0 Å². The predicted molar refractivity (Wildman–Crippen MR) is 171 cm³/mol. The number of fused-ring (bicyclic) bond motifs is 3. The molecule has 0 N–H and O–H groups in total. The number of nitrogens with zero attached hydrogens (tertiary/aromatic N) is 2. The van der Waals surface area contributed by atoms with E-state index in [0.29, 0.717) is 44.9 Å². The van der Waals surface area contributed by atoms with Crippen molar-refractivity contribution in [3.8, 4) is 22.5 Å². The van der Waals surface area contributed by atoms with E-state index in [2.05, 4.69) is 55.6 Å². The van der Waals surface area contributed by atoms with Crippen LogP contribution in [-0.2, 0) is 20.1 Å². The maximum absolute atomic E-state index is 14.3. The Kier molecular flexibility index (Phi) is 7.34. The van der Waals surface area contributed by atoms with E-state index in [-0.39, 0.29) is 31.5 Å². The van der Waals surface area contributed by atoms with Crippen molar-refractivity contribution in [1.82, 2.24) is 9.97 Å². The summed E-state index contributed by atoms with van der Waals surface area (Å²) in [4.78, 5) is 8.82. The van der Waals surface area contributed by atoms with Gasteiger partial charge in [-0.15, -0.1) is 47.5 Å². The Labute approximate surface area is 271 Å². The molecule has 3 aromatic heterocycles. The van der Waals surface area contributed by atoms with Gasteiger partial charge in [0.25, 0.3) is 0 Å². The van der Waals surface area contributed by atoms with Crippen LogP contribution < -0.4 is 5.19 Å². The minimum atomic E-state index is -2.22. The van der Waals surface area contributed by atoms with Gasteiger partial charge in [-0.3, -0.25) is 4.39 Å². The number of hydrogen-bond donors (Lipinski definition) is 0. The molecule has 0 saturated heterocycles. The van der Waals surface area contributed by atoms with E-state index in [1.165, 1.54) is 23.8 Å². The van der Waals surface area contributed by atoms with Gasteiger partial charge < -0.3 is 14.4 Å². The molecule has 3 heterocycles. The fourth-order valence-electron chi connectivity index (χ4n) is 4.65. The molecule has 217 valence electrons. The van der Waals surface area contributed by atoms with Gasteiger partial charge in [-0.05, 0) is 46.9 Å². The monoisotopic (exact) mass is 757 g/mol. The second-order valence-corrected chi connectivity index (χ2v) is 16.3. The Balaban J connectivity index is 0.000000212. The van der Waals surface area contributed by atoms with Crippen LogP contribution in [0.15, 0.2) is 83.5 Å². The molecule has 1 radical (unpaired) electrons. The normalized spacial score (nSPS) is 14.1. The number of rotatable bonds is 4. The predicted octanol–water partition coefficient (Wildman–Crippen LogP) is 9.42. The molecule has 0 saturated carbocycles. The summed E-state index contributed by atoms with van der Waals surface area (Å²) < 4.78 is 65.9. The van der Waals surface area contributed by atoms with Gasteiger partial charge in [0.2, 0.25) is 0 Å². The molecule has 0 amide bonds. The zero-order chi connectivity index (χ0) is 34.3. The van der Waals surface area contributed by atoms with Crippen LogP contribution in [0.1, 0.15) is 44.7 Å². The van der Waals surface area contributed by atoms with Gasteiger partial charge in [-0.25, -0.2) is 0 Å². The first kappa shape index (κ1) is 24.0. The summed E-state index contributed by atoms with van der Waals surface area (Å²) in [7, 11) is -1.85. The Hall–Kier alpha value is -3.44. The number of furan rings is 1. The smallest absolute Gasteiger partial charge is 0.121 e. The number of benzene rings is 3. The van der Waals surface area contributed by atoms with Crippen LogP contribution in [0.5, 0.6) is 0 Å².